The molecule has 16 heavy (non-hydrogen) atoms. The molecule has 0 spiro atoms. The molecule has 2 aliphatic heterocycles. The van der Waals surface area contributed by atoms with Gasteiger partial charge in [-0.1, -0.05) is 6.07 Å². The van der Waals surface area contributed by atoms with Crippen LogP contribution < -0.4 is 14.8 Å². The summed E-state index contributed by atoms with van der Waals surface area (Å²) >= 11 is 0. The Morgan fingerprint density at radius 3 is 2.94 bits per heavy atom. The van der Waals surface area contributed by atoms with Crippen LogP contribution >= 0.6 is 0 Å². The first kappa shape index (κ1) is 9.90. The molecule has 0 bridgehead atoms. The molecule has 0 radical (unpaired) electrons. The summed E-state index contributed by atoms with van der Waals surface area (Å²) in [4.78, 5) is 0. The third-order valence-corrected chi connectivity index (χ3v) is 3.24. The second-order valence-corrected chi connectivity index (χ2v) is 4.24. The average molecular weight is 223 g/mol. The van der Waals surface area contributed by atoms with E-state index in [4.69, 9.17) is 9.47 Å². The highest BCUT2D eigenvalue weighted by Crippen LogP contribution is 2.42. The van der Waals surface area contributed by atoms with Gasteiger partial charge in [-0.3, -0.25) is 0 Å². The van der Waals surface area contributed by atoms with Gasteiger partial charge in [0.1, 0.15) is 0 Å². The minimum absolute atomic E-state index is 0.128. The second kappa shape index (κ2) is 3.94. The largest absolute Gasteiger partial charge is 0.453 e. The molecule has 1 saturated heterocycles. The second-order valence-electron chi connectivity index (χ2n) is 4.24. The van der Waals surface area contributed by atoms with Gasteiger partial charge in [-0.15, -0.1) is 0 Å². The number of ether oxygens (including phenoxy) is 2. The summed E-state index contributed by atoms with van der Waals surface area (Å²) in [5, 5.41) is 3.35. The maximum atomic E-state index is 13.4. The molecule has 1 atom stereocenters. The van der Waals surface area contributed by atoms with Crippen LogP contribution in [0.3, 0.4) is 0 Å². The molecule has 1 aromatic rings. The smallest absolute Gasteiger partial charge is 0.231 e. The summed E-state index contributed by atoms with van der Waals surface area (Å²) in [5.41, 5.74) is 1.07. The molecule has 3 rings (SSSR count). The van der Waals surface area contributed by atoms with Crippen molar-refractivity contribution in [3.05, 3.63) is 23.5 Å². The molecule has 0 aliphatic carbocycles. The van der Waals surface area contributed by atoms with Crippen LogP contribution in [0.4, 0.5) is 4.39 Å². The van der Waals surface area contributed by atoms with Crippen molar-refractivity contribution >= 4 is 0 Å². The fourth-order valence-corrected chi connectivity index (χ4v) is 2.42. The lowest BCUT2D eigenvalue weighted by molar-refractivity contribution is 0.170. The quantitative estimate of drug-likeness (QED) is 0.790. The molecule has 1 N–H and O–H groups in total. The third kappa shape index (κ3) is 1.53. The third-order valence-electron chi connectivity index (χ3n) is 3.24. The predicted molar refractivity (Wildman–Crippen MR) is 57.4 cm³/mol. The lowest BCUT2D eigenvalue weighted by Crippen LogP contribution is -2.28. The summed E-state index contributed by atoms with van der Waals surface area (Å²) in [5.74, 6) is 0.960. The van der Waals surface area contributed by atoms with E-state index in [2.05, 4.69) is 5.32 Å². The van der Waals surface area contributed by atoms with Crippen molar-refractivity contribution in [1.29, 1.82) is 0 Å². The molecule has 1 fully saturated rings. The van der Waals surface area contributed by atoms with Crippen LogP contribution in [0.1, 0.15) is 24.3 Å². The molecule has 1 unspecified atom stereocenters. The first-order chi connectivity index (χ1) is 7.86. The summed E-state index contributed by atoms with van der Waals surface area (Å²) in [6, 6.07) is 3.29. The van der Waals surface area contributed by atoms with Crippen LogP contribution in [0.25, 0.3) is 0 Å². The highest BCUT2D eigenvalue weighted by molar-refractivity contribution is 5.50. The van der Waals surface area contributed by atoms with Gasteiger partial charge in [-0.2, -0.15) is 0 Å². The topological polar surface area (TPSA) is 30.5 Å². The van der Waals surface area contributed by atoms with Gasteiger partial charge in [0.25, 0.3) is 0 Å². The van der Waals surface area contributed by atoms with Crippen LogP contribution in [0.15, 0.2) is 12.1 Å². The maximum absolute atomic E-state index is 13.4. The molecule has 4 heteroatoms. The highest BCUT2D eigenvalue weighted by Gasteiger charge is 2.27. The van der Waals surface area contributed by atoms with Crippen molar-refractivity contribution in [3.8, 4) is 11.5 Å². The van der Waals surface area contributed by atoms with E-state index in [9.17, 15) is 4.39 Å². The Labute approximate surface area is 93.6 Å². The number of halogens is 1. The average Bonchev–Trinajstić information content (AvgIpc) is 2.81. The monoisotopic (exact) mass is 223 g/mol. The summed E-state index contributed by atoms with van der Waals surface area (Å²) in [6.45, 7) is 2.13. The highest BCUT2D eigenvalue weighted by atomic mass is 19.1. The number of nitrogens with one attached hydrogen (secondary N) is 1. The molecule has 86 valence electrons. The molecule has 0 amide bonds. The van der Waals surface area contributed by atoms with Crippen molar-refractivity contribution in [2.45, 2.75) is 18.8 Å². The molecule has 2 heterocycles. The van der Waals surface area contributed by atoms with Crippen LogP contribution in [0.2, 0.25) is 0 Å². The van der Waals surface area contributed by atoms with Crippen molar-refractivity contribution in [2.75, 3.05) is 19.9 Å². The van der Waals surface area contributed by atoms with Crippen LogP contribution in [-0.4, -0.2) is 19.9 Å². The molecular formula is C12H14FNO2. The van der Waals surface area contributed by atoms with Gasteiger partial charge >= 0.3 is 0 Å². The van der Waals surface area contributed by atoms with E-state index in [1.54, 1.807) is 0 Å². The van der Waals surface area contributed by atoms with E-state index in [-0.39, 0.29) is 18.4 Å². The van der Waals surface area contributed by atoms with E-state index >= 15 is 0 Å². The number of hydrogen-bond donors (Lipinski definition) is 1. The Morgan fingerprint density at radius 1 is 1.25 bits per heavy atom. The standard InChI is InChI=1S/C12H14FNO2/c13-10-4-3-9(8-2-1-5-14-6-8)11-12(10)16-7-15-11/h3-4,8,14H,1-2,5-7H2. The summed E-state index contributed by atoms with van der Waals surface area (Å²) in [6.07, 6.45) is 2.27. The van der Waals surface area contributed by atoms with E-state index in [0.717, 1.165) is 31.5 Å². The van der Waals surface area contributed by atoms with Crippen molar-refractivity contribution in [1.82, 2.24) is 5.32 Å². The molecule has 1 aromatic carbocycles. The zero-order valence-electron chi connectivity index (χ0n) is 8.96. The first-order valence-electron chi connectivity index (χ1n) is 5.65. The lowest BCUT2D eigenvalue weighted by Gasteiger charge is -2.23. The molecular weight excluding hydrogens is 209 g/mol. The molecule has 0 saturated carbocycles. The van der Waals surface area contributed by atoms with Crippen LogP contribution in [-0.2, 0) is 0 Å². The Balaban J connectivity index is 1.98. The van der Waals surface area contributed by atoms with Crippen LogP contribution in [0.5, 0.6) is 11.5 Å². The Bertz CT molecular complexity index is 402. The van der Waals surface area contributed by atoms with Gasteiger partial charge in [-0.25, -0.2) is 4.39 Å². The minimum Gasteiger partial charge on any atom is -0.453 e. The number of benzene rings is 1. The van der Waals surface area contributed by atoms with E-state index in [1.165, 1.54) is 6.07 Å². The van der Waals surface area contributed by atoms with Crippen molar-refractivity contribution in [3.63, 3.8) is 0 Å². The predicted octanol–water partition coefficient (Wildman–Crippen LogP) is 2.02. The molecule has 3 nitrogen and oxygen atoms in total. The van der Waals surface area contributed by atoms with Crippen molar-refractivity contribution < 1.29 is 13.9 Å². The number of piperidine rings is 1. The summed E-state index contributed by atoms with van der Waals surface area (Å²) < 4.78 is 23.9. The lowest BCUT2D eigenvalue weighted by atomic mass is 9.91. The Morgan fingerprint density at radius 2 is 2.12 bits per heavy atom. The number of hydrogen-bond acceptors (Lipinski definition) is 3. The van der Waals surface area contributed by atoms with E-state index in [1.807, 2.05) is 6.07 Å². The zero-order valence-corrected chi connectivity index (χ0v) is 8.96. The normalized spacial score (nSPS) is 23.4. The fraction of sp³-hybridized carbons (Fsp3) is 0.500. The Kier molecular flexibility index (Phi) is 2.44. The van der Waals surface area contributed by atoms with Gasteiger partial charge in [0.05, 0.1) is 0 Å². The first-order valence-corrected chi connectivity index (χ1v) is 5.65. The Hall–Kier alpha value is -1.29. The minimum atomic E-state index is -0.333. The molecule has 2 aliphatic rings. The van der Waals surface area contributed by atoms with E-state index in [0.29, 0.717) is 11.7 Å². The maximum Gasteiger partial charge on any atom is 0.231 e. The van der Waals surface area contributed by atoms with E-state index < -0.39 is 0 Å². The van der Waals surface area contributed by atoms with Gasteiger partial charge in [0.2, 0.25) is 12.5 Å². The van der Waals surface area contributed by atoms with Gasteiger partial charge in [0.15, 0.2) is 11.6 Å². The van der Waals surface area contributed by atoms with Gasteiger partial charge in [0, 0.05) is 18.0 Å². The van der Waals surface area contributed by atoms with Gasteiger partial charge in [-0.05, 0) is 25.5 Å². The fourth-order valence-electron chi connectivity index (χ4n) is 2.42. The SMILES string of the molecule is Fc1ccc(C2CCCNC2)c2c1OCO2. The summed E-state index contributed by atoms with van der Waals surface area (Å²) in [7, 11) is 0. The van der Waals surface area contributed by atoms with Gasteiger partial charge < -0.3 is 14.8 Å². The van der Waals surface area contributed by atoms with Crippen LogP contribution in [0, 0.1) is 5.82 Å². The zero-order chi connectivity index (χ0) is 11.0. The number of rotatable bonds is 1. The van der Waals surface area contributed by atoms with Crippen molar-refractivity contribution in [2.24, 2.45) is 0 Å². The number of fused-ring (bicyclic) bond motifs is 1. The molecule has 0 aromatic heterocycles.